The van der Waals surface area contributed by atoms with Gasteiger partial charge in [0.25, 0.3) is 5.91 Å². The van der Waals surface area contributed by atoms with Gasteiger partial charge in [0, 0.05) is 16.4 Å². The third-order valence-electron chi connectivity index (χ3n) is 5.68. The topological polar surface area (TPSA) is 73.2 Å². The first-order valence-corrected chi connectivity index (χ1v) is 12.0. The highest BCUT2D eigenvalue weighted by atomic mass is 35.5. The van der Waals surface area contributed by atoms with E-state index in [1.165, 1.54) is 16.7 Å². The molecule has 7 heteroatoms. The number of aryl methyl sites for hydroxylation is 1. The van der Waals surface area contributed by atoms with Crippen molar-refractivity contribution >= 4 is 46.6 Å². The molecule has 0 aliphatic carbocycles. The lowest BCUT2D eigenvalue weighted by molar-refractivity contribution is -0.117. The molecular formula is C27H22ClN3O2S. The van der Waals surface area contributed by atoms with Crippen LogP contribution >= 0.6 is 23.4 Å². The first kappa shape index (κ1) is 23.6. The van der Waals surface area contributed by atoms with E-state index in [4.69, 9.17) is 11.6 Å². The van der Waals surface area contributed by atoms with E-state index in [1.54, 1.807) is 24.3 Å². The van der Waals surface area contributed by atoms with Crippen molar-refractivity contribution in [2.24, 2.45) is 0 Å². The van der Waals surface area contributed by atoms with E-state index >= 15 is 0 Å². The van der Waals surface area contributed by atoms with Gasteiger partial charge in [-0.25, -0.2) is 0 Å². The number of halogens is 1. The first-order valence-electron chi connectivity index (χ1n) is 10.7. The molecule has 1 N–H and O–H groups in total. The largest absolute Gasteiger partial charge is 0.321 e. The van der Waals surface area contributed by atoms with E-state index in [0.717, 1.165) is 16.7 Å². The van der Waals surface area contributed by atoms with Gasteiger partial charge < -0.3 is 5.32 Å². The summed E-state index contributed by atoms with van der Waals surface area (Å²) in [4.78, 5) is 28.2. The summed E-state index contributed by atoms with van der Waals surface area (Å²) < 4.78 is 0. The summed E-state index contributed by atoms with van der Waals surface area (Å²) in [6, 6.07) is 24.1. The molecule has 1 fully saturated rings. The Kier molecular flexibility index (Phi) is 7.06. The summed E-state index contributed by atoms with van der Waals surface area (Å²) in [6.45, 7) is 3.87. The summed E-state index contributed by atoms with van der Waals surface area (Å²) in [5.41, 5.74) is 4.00. The highest BCUT2D eigenvalue weighted by Crippen LogP contribution is 2.42. The third-order valence-corrected chi connectivity index (χ3v) is 7.18. The molecule has 1 saturated heterocycles. The second kappa shape index (κ2) is 10.2. The molecular weight excluding hydrogens is 466 g/mol. The van der Waals surface area contributed by atoms with E-state index in [2.05, 4.69) is 5.32 Å². The lowest BCUT2D eigenvalue weighted by Gasteiger charge is -2.19. The van der Waals surface area contributed by atoms with Crippen LogP contribution in [0.5, 0.6) is 0 Å². The highest BCUT2D eigenvalue weighted by Gasteiger charge is 2.40. The smallest absolute Gasteiger partial charge is 0.269 e. The van der Waals surface area contributed by atoms with Crippen LogP contribution in [0, 0.1) is 25.2 Å². The minimum Gasteiger partial charge on any atom is -0.321 e. The van der Waals surface area contributed by atoms with Crippen molar-refractivity contribution in [3.05, 3.63) is 105 Å². The Bertz CT molecular complexity index is 1330. The minimum atomic E-state index is -0.546. The van der Waals surface area contributed by atoms with Crippen molar-refractivity contribution in [3.63, 3.8) is 0 Å². The van der Waals surface area contributed by atoms with Gasteiger partial charge in [0.1, 0.15) is 16.7 Å². The number of para-hydroxylation sites is 1. The molecule has 1 unspecified atom stereocenters. The molecule has 4 rings (SSSR count). The standard InChI is InChI=1S/C27H22ClN3O2S/c1-17-8-6-13-23(18(17)2)30-25(32)22(16-29)27-31(21-11-4-3-5-12-21)26(33)24(34-27)15-19-9-7-10-20(28)14-19/h3-14,24H,15H2,1-2H3,(H,30,32)/b27-22-. The molecule has 1 atom stereocenters. The molecule has 170 valence electrons. The van der Waals surface area contributed by atoms with Crippen molar-refractivity contribution < 1.29 is 9.59 Å². The monoisotopic (exact) mass is 487 g/mol. The second-order valence-corrected chi connectivity index (χ2v) is 9.57. The Hall–Kier alpha value is -3.53. The van der Waals surface area contributed by atoms with Gasteiger partial charge in [0.15, 0.2) is 0 Å². The van der Waals surface area contributed by atoms with E-state index < -0.39 is 11.2 Å². The summed E-state index contributed by atoms with van der Waals surface area (Å²) >= 11 is 7.36. The van der Waals surface area contributed by atoms with Gasteiger partial charge in [0.2, 0.25) is 5.91 Å². The number of nitrogens with zero attached hydrogens (tertiary/aromatic N) is 2. The maximum Gasteiger partial charge on any atom is 0.269 e. The van der Waals surface area contributed by atoms with Crippen LogP contribution in [0.1, 0.15) is 16.7 Å². The summed E-state index contributed by atoms with van der Waals surface area (Å²) in [6.07, 6.45) is 0.425. The molecule has 5 nitrogen and oxygen atoms in total. The van der Waals surface area contributed by atoms with Crippen LogP contribution in [0.25, 0.3) is 0 Å². The molecule has 3 aromatic rings. The van der Waals surface area contributed by atoms with Gasteiger partial charge in [-0.3, -0.25) is 14.5 Å². The number of carbonyl (C=O) groups is 2. The number of amides is 2. The Morgan fingerprint density at radius 3 is 2.53 bits per heavy atom. The van der Waals surface area contributed by atoms with Crippen LogP contribution in [0.3, 0.4) is 0 Å². The van der Waals surface area contributed by atoms with Crippen LogP contribution < -0.4 is 10.2 Å². The number of nitriles is 1. The lowest BCUT2D eigenvalue weighted by atomic mass is 10.1. The Balaban J connectivity index is 1.73. The van der Waals surface area contributed by atoms with Crippen molar-refractivity contribution in [3.8, 4) is 6.07 Å². The number of benzene rings is 3. The summed E-state index contributed by atoms with van der Waals surface area (Å²) in [5.74, 6) is -0.728. The van der Waals surface area contributed by atoms with Crippen LogP contribution in [-0.4, -0.2) is 17.1 Å². The number of carbonyl (C=O) groups excluding carboxylic acids is 2. The molecule has 1 heterocycles. The van der Waals surface area contributed by atoms with Crippen molar-refractivity contribution in [2.75, 3.05) is 10.2 Å². The lowest BCUT2D eigenvalue weighted by Crippen LogP contribution is -2.30. The third kappa shape index (κ3) is 4.86. The van der Waals surface area contributed by atoms with Crippen LogP contribution in [-0.2, 0) is 16.0 Å². The van der Waals surface area contributed by atoms with E-state index in [1.807, 2.05) is 68.4 Å². The fourth-order valence-corrected chi connectivity index (χ4v) is 5.27. The average molecular weight is 488 g/mol. The minimum absolute atomic E-state index is 0.100. The number of rotatable bonds is 5. The highest BCUT2D eigenvalue weighted by molar-refractivity contribution is 8.05. The van der Waals surface area contributed by atoms with E-state index in [9.17, 15) is 14.9 Å². The van der Waals surface area contributed by atoms with E-state index in [0.29, 0.717) is 27.8 Å². The molecule has 1 aliphatic rings. The van der Waals surface area contributed by atoms with Gasteiger partial charge in [-0.2, -0.15) is 5.26 Å². The van der Waals surface area contributed by atoms with Gasteiger partial charge in [-0.05, 0) is 67.3 Å². The maximum absolute atomic E-state index is 13.5. The molecule has 0 radical (unpaired) electrons. The van der Waals surface area contributed by atoms with Crippen LogP contribution in [0.4, 0.5) is 11.4 Å². The number of hydrogen-bond donors (Lipinski definition) is 1. The zero-order chi connectivity index (χ0) is 24.2. The molecule has 0 spiro atoms. The predicted octanol–water partition coefficient (Wildman–Crippen LogP) is 6.02. The maximum atomic E-state index is 13.5. The van der Waals surface area contributed by atoms with Gasteiger partial charge in [-0.1, -0.05) is 65.8 Å². The molecule has 3 aromatic carbocycles. The fraction of sp³-hybridized carbons (Fsp3) is 0.148. The Morgan fingerprint density at radius 1 is 1.09 bits per heavy atom. The fourth-order valence-electron chi connectivity index (χ4n) is 3.75. The molecule has 1 aliphatic heterocycles. The van der Waals surface area contributed by atoms with Crippen LogP contribution in [0.15, 0.2) is 83.4 Å². The first-order chi connectivity index (χ1) is 16.4. The molecule has 0 saturated carbocycles. The number of hydrogen-bond acceptors (Lipinski definition) is 4. The molecule has 34 heavy (non-hydrogen) atoms. The number of anilines is 2. The molecule has 0 bridgehead atoms. The molecule has 0 aromatic heterocycles. The van der Waals surface area contributed by atoms with Crippen molar-refractivity contribution in [1.82, 2.24) is 0 Å². The summed E-state index contributed by atoms with van der Waals surface area (Å²) in [7, 11) is 0. The second-order valence-electron chi connectivity index (χ2n) is 7.94. The predicted molar refractivity (Wildman–Crippen MR) is 138 cm³/mol. The average Bonchev–Trinajstić information content (AvgIpc) is 3.13. The zero-order valence-corrected chi connectivity index (χ0v) is 20.3. The Morgan fingerprint density at radius 2 is 1.82 bits per heavy atom. The zero-order valence-electron chi connectivity index (χ0n) is 18.7. The van der Waals surface area contributed by atoms with E-state index in [-0.39, 0.29) is 11.5 Å². The van der Waals surface area contributed by atoms with Crippen molar-refractivity contribution in [1.29, 1.82) is 5.26 Å². The van der Waals surface area contributed by atoms with Crippen LogP contribution in [0.2, 0.25) is 5.02 Å². The number of nitrogens with one attached hydrogen (secondary N) is 1. The SMILES string of the molecule is Cc1cccc(NC(=O)/C(C#N)=C2\SC(Cc3cccc(Cl)c3)C(=O)N2c2ccccc2)c1C. The number of thioether (sulfide) groups is 1. The van der Waals surface area contributed by atoms with Gasteiger partial charge >= 0.3 is 0 Å². The molecule has 2 amide bonds. The van der Waals surface area contributed by atoms with Gasteiger partial charge in [0.05, 0.1) is 5.25 Å². The van der Waals surface area contributed by atoms with Crippen molar-refractivity contribution in [2.45, 2.75) is 25.5 Å². The Labute approximate surface area is 208 Å². The van der Waals surface area contributed by atoms with Gasteiger partial charge in [-0.15, -0.1) is 0 Å². The summed E-state index contributed by atoms with van der Waals surface area (Å²) in [5, 5.41) is 13.3. The quantitative estimate of drug-likeness (QED) is 0.352. The normalized spacial score (nSPS) is 16.8.